The molecule has 15 heavy (non-hydrogen) atoms. The van der Waals surface area contributed by atoms with Crippen LogP contribution >= 0.6 is 11.3 Å². The molecule has 82 valence electrons. The van der Waals surface area contributed by atoms with Crippen LogP contribution in [0.2, 0.25) is 0 Å². The number of likely N-dealkylation sites (tertiary alicyclic amines) is 1. The number of nitrogens with zero attached hydrogens (tertiary/aromatic N) is 1. The van der Waals surface area contributed by atoms with E-state index in [9.17, 15) is 9.90 Å². The zero-order valence-corrected chi connectivity index (χ0v) is 9.11. The minimum atomic E-state index is -0.574. The Hall–Kier alpha value is -0.910. The van der Waals surface area contributed by atoms with Gasteiger partial charge in [0.1, 0.15) is 6.04 Å². The molecule has 1 aliphatic rings. The molecule has 2 atom stereocenters. The molecule has 0 saturated carbocycles. The Morgan fingerprint density at radius 3 is 3.07 bits per heavy atom. The number of β-amino-alcohol motifs (C(OH)–C–C–N with tert-alkyl or cyclic N) is 1. The van der Waals surface area contributed by atoms with Crippen molar-refractivity contribution in [1.82, 2.24) is 4.90 Å². The molecule has 5 heteroatoms. The minimum absolute atomic E-state index is 0.0889. The first-order valence-corrected chi connectivity index (χ1v) is 5.82. The topological polar surface area (TPSA) is 66.6 Å². The van der Waals surface area contributed by atoms with E-state index in [1.165, 1.54) is 11.3 Å². The van der Waals surface area contributed by atoms with Crippen molar-refractivity contribution in [3.63, 3.8) is 0 Å². The molecule has 2 heterocycles. The van der Waals surface area contributed by atoms with Gasteiger partial charge < -0.3 is 15.7 Å². The molecule has 1 aliphatic heterocycles. The number of carbonyl (C=O) groups excluding carboxylic acids is 1. The van der Waals surface area contributed by atoms with Crippen LogP contribution in [0.1, 0.15) is 17.3 Å². The summed E-state index contributed by atoms with van der Waals surface area (Å²) in [5.41, 5.74) is 5.85. The number of amides is 1. The van der Waals surface area contributed by atoms with E-state index in [0.717, 1.165) is 4.88 Å². The second-order valence-electron chi connectivity index (χ2n) is 3.72. The van der Waals surface area contributed by atoms with Gasteiger partial charge in [0.15, 0.2) is 0 Å². The summed E-state index contributed by atoms with van der Waals surface area (Å²) in [6.45, 7) is 1.02. The molecule has 2 rings (SSSR count). The number of hydrogen-bond donors (Lipinski definition) is 2. The molecule has 4 nitrogen and oxygen atoms in total. The number of hydrogen-bond acceptors (Lipinski definition) is 4. The molecule has 0 aliphatic carbocycles. The molecule has 1 amide bonds. The number of rotatable bonds is 2. The van der Waals surface area contributed by atoms with Crippen molar-refractivity contribution in [3.8, 4) is 0 Å². The van der Waals surface area contributed by atoms with Crippen molar-refractivity contribution < 1.29 is 9.90 Å². The number of aliphatic hydroxyl groups is 1. The Labute approximate surface area is 92.3 Å². The first-order chi connectivity index (χ1) is 7.18. The lowest BCUT2D eigenvalue weighted by Crippen LogP contribution is -2.37. The third kappa shape index (κ3) is 2.19. The zero-order chi connectivity index (χ0) is 10.8. The van der Waals surface area contributed by atoms with Crippen LogP contribution in [0.3, 0.4) is 0 Å². The van der Waals surface area contributed by atoms with Gasteiger partial charge in [-0.2, -0.15) is 0 Å². The van der Waals surface area contributed by atoms with E-state index in [-0.39, 0.29) is 12.0 Å². The molecule has 0 radical (unpaired) electrons. The maximum absolute atomic E-state index is 11.9. The van der Waals surface area contributed by atoms with Gasteiger partial charge in [-0.15, -0.1) is 11.3 Å². The zero-order valence-electron chi connectivity index (χ0n) is 8.30. The highest BCUT2D eigenvalue weighted by molar-refractivity contribution is 7.10. The van der Waals surface area contributed by atoms with Crippen LogP contribution in [0.15, 0.2) is 17.5 Å². The Morgan fingerprint density at radius 2 is 2.53 bits per heavy atom. The maximum atomic E-state index is 11.9. The van der Waals surface area contributed by atoms with Crippen molar-refractivity contribution in [2.24, 2.45) is 5.73 Å². The third-order valence-electron chi connectivity index (χ3n) is 2.59. The Balaban J connectivity index is 2.02. The molecule has 0 aromatic carbocycles. The molecular weight excluding hydrogens is 212 g/mol. The van der Waals surface area contributed by atoms with Crippen molar-refractivity contribution in [3.05, 3.63) is 22.4 Å². The number of carbonyl (C=O) groups is 1. The highest BCUT2D eigenvalue weighted by atomic mass is 32.1. The van der Waals surface area contributed by atoms with Gasteiger partial charge in [-0.25, -0.2) is 0 Å². The van der Waals surface area contributed by atoms with Crippen LogP contribution in [0.25, 0.3) is 0 Å². The SMILES string of the molecule is NC(C(=O)N1CC[C@H](O)C1)c1cccs1. The van der Waals surface area contributed by atoms with Crippen LogP contribution in [-0.2, 0) is 4.79 Å². The Kier molecular flexibility index (Phi) is 3.04. The van der Waals surface area contributed by atoms with Gasteiger partial charge in [0, 0.05) is 18.0 Å². The molecule has 1 saturated heterocycles. The standard InChI is InChI=1S/C10H14N2O2S/c11-9(8-2-1-5-15-8)10(14)12-4-3-7(13)6-12/h1-2,5,7,9,13H,3-4,6,11H2/t7-,9?/m0/s1. The fraction of sp³-hybridized carbons (Fsp3) is 0.500. The van der Waals surface area contributed by atoms with Gasteiger partial charge in [-0.05, 0) is 17.9 Å². The van der Waals surface area contributed by atoms with Gasteiger partial charge in [0.25, 0.3) is 0 Å². The Morgan fingerprint density at radius 1 is 1.73 bits per heavy atom. The quantitative estimate of drug-likeness (QED) is 0.764. The van der Waals surface area contributed by atoms with E-state index in [4.69, 9.17) is 5.73 Å². The highest BCUT2D eigenvalue weighted by Gasteiger charge is 2.29. The normalized spacial score (nSPS) is 23.1. The van der Waals surface area contributed by atoms with E-state index in [1.54, 1.807) is 4.90 Å². The minimum Gasteiger partial charge on any atom is -0.391 e. The lowest BCUT2D eigenvalue weighted by atomic mass is 10.2. The first kappa shape index (κ1) is 10.6. The van der Waals surface area contributed by atoms with Gasteiger partial charge in [-0.1, -0.05) is 6.07 Å². The summed E-state index contributed by atoms with van der Waals surface area (Å²) < 4.78 is 0. The molecule has 0 spiro atoms. The largest absolute Gasteiger partial charge is 0.391 e. The van der Waals surface area contributed by atoms with Crippen molar-refractivity contribution >= 4 is 17.2 Å². The summed E-state index contributed by atoms with van der Waals surface area (Å²) >= 11 is 1.48. The average molecular weight is 226 g/mol. The fourth-order valence-electron chi connectivity index (χ4n) is 1.73. The van der Waals surface area contributed by atoms with E-state index in [0.29, 0.717) is 19.5 Å². The summed E-state index contributed by atoms with van der Waals surface area (Å²) in [4.78, 5) is 14.4. The Bertz CT molecular complexity index is 339. The predicted molar refractivity (Wildman–Crippen MR) is 58.5 cm³/mol. The number of aliphatic hydroxyl groups excluding tert-OH is 1. The lowest BCUT2D eigenvalue weighted by Gasteiger charge is -2.19. The van der Waals surface area contributed by atoms with Crippen molar-refractivity contribution in [2.45, 2.75) is 18.6 Å². The monoisotopic (exact) mass is 226 g/mol. The molecule has 1 aromatic heterocycles. The number of thiophene rings is 1. The molecule has 1 aromatic rings. The van der Waals surface area contributed by atoms with Gasteiger partial charge in [-0.3, -0.25) is 4.79 Å². The van der Waals surface area contributed by atoms with E-state index in [2.05, 4.69) is 0 Å². The molecule has 3 N–H and O–H groups in total. The number of nitrogens with two attached hydrogens (primary N) is 1. The summed E-state index contributed by atoms with van der Waals surface area (Å²) in [7, 11) is 0. The highest BCUT2D eigenvalue weighted by Crippen LogP contribution is 2.21. The van der Waals surface area contributed by atoms with Gasteiger partial charge >= 0.3 is 0 Å². The van der Waals surface area contributed by atoms with Crippen LogP contribution in [0.4, 0.5) is 0 Å². The van der Waals surface area contributed by atoms with Crippen LogP contribution in [0.5, 0.6) is 0 Å². The summed E-state index contributed by atoms with van der Waals surface area (Å²) in [5.74, 6) is -0.0889. The van der Waals surface area contributed by atoms with Crippen LogP contribution in [0, 0.1) is 0 Å². The summed E-state index contributed by atoms with van der Waals surface area (Å²) in [5, 5.41) is 11.2. The van der Waals surface area contributed by atoms with Crippen molar-refractivity contribution in [2.75, 3.05) is 13.1 Å². The van der Waals surface area contributed by atoms with Gasteiger partial charge in [0.05, 0.1) is 6.10 Å². The predicted octanol–water partition coefficient (Wildman–Crippen LogP) is 0.341. The fourth-order valence-corrected chi connectivity index (χ4v) is 2.45. The summed E-state index contributed by atoms with van der Waals surface area (Å²) in [6, 6.07) is 3.17. The first-order valence-electron chi connectivity index (χ1n) is 4.94. The van der Waals surface area contributed by atoms with E-state index in [1.807, 2.05) is 17.5 Å². The maximum Gasteiger partial charge on any atom is 0.245 e. The second kappa shape index (κ2) is 4.30. The third-order valence-corrected chi connectivity index (χ3v) is 3.55. The van der Waals surface area contributed by atoms with E-state index >= 15 is 0 Å². The van der Waals surface area contributed by atoms with Crippen LogP contribution in [-0.4, -0.2) is 35.1 Å². The molecule has 1 fully saturated rings. The van der Waals surface area contributed by atoms with E-state index < -0.39 is 6.04 Å². The van der Waals surface area contributed by atoms with Crippen molar-refractivity contribution in [1.29, 1.82) is 0 Å². The summed E-state index contributed by atoms with van der Waals surface area (Å²) in [6.07, 6.45) is 0.271. The average Bonchev–Trinajstić information content (AvgIpc) is 2.85. The molecule has 1 unspecified atom stereocenters. The smallest absolute Gasteiger partial charge is 0.245 e. The lowest BCUT2D eigenvalue weighted by molar-refractivity contribution is -0.131. The second-order valence-corrected chi connectivity index (χ2v) is 4.70. The van der Waals surface area contributed by atoms with Crippen LogP contribution < -0.4 is 5.73 Å². The molecule has 0 bridgehead atoms. The molecular formula is C10H14N2O2S. The van der Waals surface area contributed by atoms with Gasteiger partial charge in [0.2, 0.25) is 5.91 Å².